The number of rotatable bonds is 3. The van der Waals surface area contributed by atoms with Gasteiger partial charge < -0.3 is 10.2 Å². The molecule has 2 aromatic rings. The molecule has 1 aromatic heterocycles. The van der Waals surface area contributed by atoms with E-state index in [4.69, 9.17) is 0 Å². The maximum atomic E-state index is 12.9. The maximum absolute atomic E-state index is 12.9. The van der Waals surface area contributed by atoms with Crippen LogP contribution in [0.25, 0.3) is 10.9 Å². The first-order valence-corrected chi connectivity index (χ1v) is 8.95. The van der Waals surface area contributed by atoms with Crippen LogP contribution in [0, 0.1) is 5.41 Å². The molecule has 1 fully saturated rings. The van der Waals surface area contributed by atoms with Gasteiger partial charge in [0.15, 0.2) is 0 Å². The van der Waals surface area contributed by atoms with Gasteiger partial charge in [0.25, 0.3) is 0 Å². The van der Waals surface area contributed by atoms with Crippen molar-refractivity contribution in [3.05, 3.63) is 36.5 Å². The Morgan fingerprint density at radius 2 is 1.72 bits per heavy atom. The number of fused-ring (bicyclic) bond motifs is 1. The Morgan fingerprint density at radius 3 is 2.44 bits per heavy atom. The van der Waals surface area contributed by atoms with E-state index < -0.39 is 5.41 Å². The van der Waals surface area contributed by atoms with E-state index in [1.54, 1.807) is 20.0 Å². The zero-order valence-electron chi connectivity index (χ0n) is 14.9. The second-order valence-electron chi connectivity index (χ2n) is 7.17. The molecular formula is C20H25N3O2. The molecule has 1 aliphatic rings. The molecule has 0 bridgehead atoms. The number of para-hydroxylation sites is 1. The Bertz CT molecular complexity index is 772. The largest absolute Gasteiger partial charge is 0.342 e. The molecule has 3 rings (SSSR count). The highest BCUT2D eigenvalue weighted by Crippen LogP contribution is 2.26. The highest BCUT2D eigenvalue weighted by Gasteiger charge is 2.39. The second-order valence-corrected chi connectivity index (χ2v) is 7.17. The molecule has 0 unspecified atom stereocenters. The Kier molecular flexibility index (Phi) is 5.02. The lowest BCUT2D eigenvalue weighted by Gasteiger charge is -2.30. The summed E-state index contributed by atoms with van der Waals surface area (Å²) >= 11 is 0. The molecule has 0 atom stereocenters. The number of anilines is 1. The lowest BCUT2D eigenvalue weighted by molar-refractivity contribution is -0.146. The van der Waals surface area contributed by atoms with E-state index in [2.05, 4.69) is 10.3 Å². The maximum Gasteiger partial charge on any atom is 0.239 e. The van der Waals surface area contributed by atoms with Gasteiger partial charge in [0.05, 0.1) is 11.2 Å². The summed E-state index contributed by atoms with van der Waals surface area (Å²) in [7, 11) is 0. The van der Waals surface area contributed by atoms with Gasteiger partial charge in [-0.25, -0.2) is 0 Å². The van der Waals surface area contributed by atoms with Gasteiger partial charge in [0, 0.05) is 24.7 Å². The minimum absolute atomic E-state index is 0.0971. The third kappa shape index (κ3) is 3.65. The van der Waals surface area contributed by atoms with Crippen molar-refractivity contribution in [2.75, 3.05) is 18.4 Å². The number of benzene rings is 1. The second kappa shape index (κ2) is 7.21. The number of likely N-dealkylation sites (tertiary alicyclic amines) is 1. The average Bonchev–Trinajstić information content (AvgIpc) is 2.90. The topological polar surface area (TPSA) is 62.3 Å². The Hall–Kier alpha value is -2.43. The smallest absolute Gasteiger partial charge is 0.239 e. The molecule has 132 valence electrons. The van der Waals surface area contributed by atoms with Gasteiger partial charge in [0.2, 0.25) is 11.8 Å². The molecule has 1 aliphatic heterocycles. The van der Waals surface area contributed by atoms with E-state index in [-0.39, 0.29) is 11.8 Å². The molecule has 0 aliphatic carbocycles. The highest BCUT2D eigenvalue weighted by molar-refractivity contribution is 6.12. The van der Waals surface area contributed by atoms with E-state index in [1.165, 1.54) is 0 Å². The Labute approximate surface area is 148 Å². The van der Waals surface area contributed by atoms with Crippen LogP contribution in [0.5, 0.6) is 0 Å². The van der Waals surface area contributed by atoms with E-state index in [1.807, 2.05) is 35.2 Å². The van der Waals surface area contributed by atoms with Crippen LogP contribution in [-0.2, 0) is 9.59 Å². The Morgan fingerprint density at radius 1 is 1.04 bits per heavy atom. The van der Waals surface area contributed by atoms with E-state index in [9.17, 15) is 9.59 Å². The number of carbonyl (C=O) groups excluding carboxylic acids is 2. The molecule has 0 radical (unpaired) electrons. The first-order valence-electron chi connectivity index (χ1n) is 8.95. The zero-order chi connectivity index (χ0) is 17.9. The van der Waals surface area contributed by atoms with E-state index in [0.29, 0.717) is 5.69 Å². The molecular weight excluding hydrogens is 314 g/mol. The standard InChI is InChI=1S/C20H25N3O2/c1-20(2,19(25)23-13-5-3-4-6-14-23)18(24)22-16-11-7-9-15-10-8-12-21-17(15)16/h7-12H,3-6,13-14H2,1-2H3,(H,22,24). The minimum Gasteiger partial charge on any atom is -0.342 e. The zero-order valence-corrected chi connectivity index (χ0v) is 14.9. The summed E-state index contributed by atoms with van der Waals surface area (Å²) in [5, 5.41) is 3.87. The highest BCUT2D eigenvalue weighted by atomic mass is 16.2. The third-order valence-corrected chi connectivity index (χ3v) is 4.88. The van der Waals surface area contributed by atoms with Gasteiger partial charge in [0.1, 0.15) is 5.41 Å². The first-order chi connectivity index (χ1) is 12.0. The number of amides is 2. The van der Waals surface area contributed by atoms with Crippen molar-refractivity contribution in [1.29, 1.82) is 0 Å². The van der Waals surface area contributed by atoms with Crippen molar-refractivity contribution in [3.8, 4) is 0 Å². The monoisotopic (exact) mass is 339 g/mol. The number of hydrogen-bond acceptors (Lipinski definition) is 3. The number of nitrogens with one attached hydrogen (secondary N) is 1. The normalized spacial score (nSPS) is 15.7. The number of nitrogens with zero attached hydrogens (tertiary/aromatic N) is 2. The summed E-state index contributed by atoms with van der Waals surface area (Å²) in [6.07, 6.45) is 6.02. The predicted octanol–water partition coefficient (Wildman–Crippen LogP) is 3.60. The van der Waals surface area contributed by atoms with E-state index in [0.717, 1.165) is 49.7 Å². The molecule has 1 saturated heterocycles. The SMILES string of the molecule is CC(C)(C(=O)Nc1cccc2cccnc12)C(=O)N1CCCCCC1. The molecule has 1 N–H and O–H groups in total. The van der Waals surface area contributed by atoms with Crippen molar-refractivity contribution < 1.29 is 9.59 Å². The summed E-state index contributed by atoms with van der Waals surface area (Å²) in [4.78, 5) is 32.0. The summed E-state index contributed by atoms with van der Waals surface area (Å²) in [6, 6.07) is 9.46. The van der Waals surface area contributed by atoms with Gasteiger partial charge in [-0.3, -0.25) is 14.6 Å². The van der Waals surface area contributed by atoms with Crippen molar-refractivity contribution in [2.24, 2.45) is 5.41 Å². The van der Waals surface area contributed by atoms with Crippen LogP contribution in [0.1, 0.15) is 39.5 Å². The lowest BCUT2D eigenvalue weighted by atomic mass is 9.90. The average molecular weight is 339 g/mol. The lowest BCUT2D eigenvalue weighted by Crippen LogP contribution is -2.47. The van der Waals surface area contributed by atoms with Gasteiger partial charge in [-0.05, 0) is 38.8 Å². The van der Waals surface area contributed by atoms with Crippen LogP contribution in [0.3, 0.4) is 0 Å². The molecule has 5 nitrogen and oxygen atoms in total. The van der Waals surface area contributed by atoms with Gasteiger partial charge >= 0.3 is 0 Å². The Balaban J connectivity index is 1.79. The van der Waals surface area contributed by atoms with Crippen molar-refractivity contribution in [1.82, 2.24) is 9.88 Å². The molecule has 1 aromatic carbocycles. The summed E-state index contributed by atoms with van der Waals surface area (Å²) in [5.74, 6) is -0.389. The molecule has 5 heteroatoms. The van der Waals surface area contributed by atoms with Crippen LogP contribution < -0.4 is 5.32 Å². The molecule has 0 saturated carbocycles. The fourth-order valence-electron chi connectivity index (χ4n) is 3.25. The molecule has 25 heavy (non-hydrogen) atoms. The fraction of sp³-hybridized carbons (Fsp3) is 0.450. The first kappa shape index (κ1) is 17.4. The molecule has 2 heterocycles. The van der Waals surface area contributed by atoms with Gasteiger partial charge in [-0.2, -0.15) is 0 Å². The van der Waals surface area contributed by atoms with Crippen molar-refractivity contribution >= 4 is 28.4 Å². The van der Waals surface area contributed by atoms with Crippen molar-refractivity contribution in [2.45, 2.75) is 39.5 Å². The summed E-state index contributed by atoms with van der Waals surface area (Å²) < 4.78 is 0. The van der Waals surface area contributed by atoms with Crippen LogP contribution >= 0.6 is 0 Å². The van der Waals surface area contributed by atoms with Gasteiger partial charge in [-0.15, -0.1) is 0 Å². The van der Waals surface area contributed by atoms with Crippen LogP contribution in [0.15, 0.2) is 36.5 Å². The quantitative estimate of drug-likeness (QED) is 0.869. The third-order valence-electron chi connectivity index (χ3n) is 4.88. The number of hydrogen-bond donors (Lipinski definition) is 1. The number of carbonyl (C=O) groups is 2. The molecule has 0 spiro atoms. The van der Waals surface area contributed by atoms with Crippen LogP contribution in [0.4, 0.5) is 5.69 Å². The number of pyridine rings is 1. The van der Waals surface area contributed by atoms with Crippen LogP contribution in [0.2, 0.25) is 0 Å². The predicted molar refractivity (Wildman–Crippen MR) is 99.2 cm³/mol. The van der Waals surface area contributed by atoms with Gasteiger partial charge in [-0.1, -0.05) is 31.0 Å². The van der Waals surface area contributed by atoms with E-state index >= 15 is 0 Å². The summed E-state index contributed by atoms with van der Waals surface area (Å²) in [5.41, 5.74) is 0.262. The molecule has 2 amide bonds. The van der Waals surface area contributed by atoms with Crippen LogP contribution in [-0.4, -0.2) is 34.8 Å². The summed E-state index contributed by atoms with van der Waals surface area (Å²) in [6.45, 7) is 4.89. The minimum atomic E-state index is -1.11. The number of aromatic nitrogens is 1. The van der Waals surface area contributed by atoms with Crippen molar-refractivity contribution in [3.63, 3.8) is 0 Å². The fourth-order valence-corrected chi connectivity index (χ4v) is 3.25.